The van der Waals surface area contributed by atoms with Crippen molar-refractivity contribution in [2.45, 2.75) is 26.3 Å². The van der Waals surface area contributed by atoms with Crippen LogP contribution >= 0.6 is 0 Å². The molecule has 0 saturated heterocycles. The Kier molecular flexibility index (Phi) is 3.63. The van der Waals surface area contributed by atoms with Gasteiger partial charge in [0, 0.05) is 12.0 Å². The van der Waals surface area contributed by atoms with Gasteiger partial charge in [0.15, 0.2) is 0 Å². The minimum absolute atomic E-state index is 0.250. The van der Waals surface area contributed by atoms with Gasteiger partial charge in [-0.1, -0.05) is 0 Å². The third-order valence-corrected chi connectivity index (χ3v) is 2.52. The highest BCUT2D eigenvalue weighted by molar-refractivity contribution is 5.54. The normalized spacial score (nSPS) is 10.3. The molecule has 92 valence electrons. The number of tetrazole rings is 1. The zero-order valence-electron chi connectivity index (χ0n) is 9.97. The Morgan fingerprint density at radius 2 is 2.28 bits per heavy atom. The van der Waals surface area contributed by atoms with Crippen LogP contribution < -0.4 is 0 Å². The molecular weight excluding hydrogens is 233 g/mol. The number of unbranched alkanes of at least 4 members (excludes halogenated alkanes) is 1. The van der Waals surface area contributed by atoms with Crippen LogP contribution in [0, 0.1) is 24.1 Å². The van der Waals surface area contributed by atoms with Crippen LogP contribution in [0.5, 0.6) is 0 Å². The molecule has 5 nitrogen and oxygen atoms in total. The third-order valence-electron chi connectivity index (χ3n) is 2.52. The summed E-state index contributed by atoms with van der Waals surface area (Å²) in [6.45, 7) is 2.25. The van der Waals surface area contributed by atoms with Crippen molar-refractivity contribution in [3.63, 3.8) is 0 Å². The van der Waals surface area contributed by atoms with Crippen LogP contribution in [-0.4, -0.2) is 20.2 Å². The lowest BCUT2D eigenvalue weighted by atomic mass is 10.1. The molecule has 6 heteroatoms. The van der Waals surface area contributed by atoms with E-state index >= 15 is 0 Å². The Balaban J connectivity index is 2.14. The van der Waals surface area contributed by atoms with Gasteiger partial charge in [-0.3, -0.25) is 0 Å². The minimum Gasteiger partial charge on any atom is -0.207 e. The summed E-state index contributed by atoms with van der Waals surface area (Å²) in [7, 11) is 0. The summed E-state index contributed by atoms with van der Waals surface area (Å²) in [4.78, 5) is 1.45. The average Bonchev–Trinajstić information content (AvgIpc) is 2.82. The SMILES string of the molecule is Cc1cc(-c2nnn(CCCC#N)n2)ccc1F. The Bertz CT molecular complexity index is 584. The minimum atomic E-state index is -0.250. The van der Waals surface area contributed by atoms with Crippen LogP contribution in [0.4, 0.5) is 4.39 Å². The number of aryl methyl sites for hydroxylation is 2. The predicted molar refractivity (Wildman–Crippen MR) is 62.8 cm³/mol. The number of benzene rings is 1. The molecule has 0 aliphatic rings. The van der Waals surface area contributed by atoms with Crippen LogP contribution in [0.1, 0.15) is 18.4 Å². The fourth-order valence-corrected chi connectivity index (χ4v) is 1.54. The maximum Gasteiger partial charge on any atom is 0.204 e. The van der Waals surface area contributed by atoms with Gasteiger partial charge in [-0.15, -0.1) is 10.2 Å². The number of hydrogen-bond acceptors (Lipinski definition) is 4. The number of halogens is 1. The van der Waals surface area contributed by atoms with E-state index in [-0.39, 0.29) is 5.82 Å². The van der Waals surface area contributed by atoms with Crippen molar-refractivity contribution in [2.24, 2.45) is 0 Å². The zero-order valence-corrected chi connectivity index (χ0v) is 9.97. The van der Waals surface area contributed by atoms with Crippen molar-refractivity contribution in [3.05, 3.63) is 29.6 Å². The Labute approximate surface area is 104 Å². The molecule has 1 heterocycles. The molecule has 2 rings (SSSR count). The van der Waals surface area contributed by atoms with Crippen LogP contribution in [0.3, 0.4) is 0 Å². The van der Waals surface area contributed by atoms with E-state index in [0.29, 0.717) is 30.8 Å². The lowest BCUT2D eigenvalue weighted by molar-refractivity contribution is 0.504. The number of nitriles is 1. The second-order valence-corrected chi connectivity index (χ2v) is 3.93. The summed E-state index contributed by atoms with van der Waals surface area (Å²) < 4.78 is 13.1. The molecule has 0 radical (unpaired) electrons. The molecule has 0 aliphatic heterocycles. The van der Waals surface area contributed by atoms with Crippen molar-refractivity contribution < 1.29 is 4.39 Å². The third kappa shape index (κ3) is 2.69. The summed E-state index contributed by atoms with van der Waals surface area (Å²) in [6.07, 6.45) is 1.15. The predicted octanol–water partition coefficient (Wildman–Crippen LogP) is 2.09. The Morgan fingerprint density at radius 3 is 3.00 bits per heavy atom. The van der Waals surface area contributed by atoms with Crippen LogP contribution in [-0.2, 0) is 6.54 Å². The van der Waals surface area contributed by atoms with E-state index in [1.807, 2.05) is 0 Å². The first-order valence-corrected chi connectivity index (χ1v) is 5.62. The van der Waals surface area contributed by atoms with Gasteiger partial charge in [0.1, 0.15) is 5.82 Å². The molecule has 0 N–H and O–H groups in total. The van der Waals surface area contributed by atoms with Gasteiger partial charge in [0.25, 0.3) is 0 Å². The summed E-state index contributed by atoms with van der Waals surface area (Å²) >= 11 is 0. The van der Waals surface area contributed by atoms with Crippen molar-refractivity contribution in [2.75, 3.05) is 0 Å². The molecule has 2 aromatic rings. The van der Waals surface area contributed by atoms with Gasteiger partial charge < -0.3 is 0 Å². The van der Waals surface area contributed by atoms with Gasteiger partial charge in [0.2, 0.25) is 5.82 Å². The van der Waals surface area contributed by atoms with Gasteiger partial charge in [-0.2, -0.15) is 10.1 Å². The molecule has 1 aromatic carbocycles. The van der Waals surface area contributed by atoms with E-state index in [0.717, 1.165) is 5.56 Å². The average molecular weight is 245 g/mol. The highest BCUT2D eigenvalue weighted by atomic mass is 19.1. The van der Waals surface area contributed by atoms with E-state index < -0.39 is 0 Å². The van der Waals surface area contributed by atoms with Gasteiger partial charge >= 0.3 is 0 Å². The molecule has 0 saturated carbocycles. The van der Waals surface area contributed by atoms with Crippen LogP contribution in [0.15, 0.2) is 18.2 Å². The van der Waals surface area contributed by atoms with Crippen LogP contribution in [0.25, 0.3) is 11.4 Å². The van der Waals surface area contributed by atoms with Crippen molar-refractivity contribution in [1.29, 1.82) is 5.26 Å². The van der Waals surface area contributed by atoms with E-state index in [2.05, 4.69) is 21.5 Å². The molecule has 0 unspecified atom stereocenters. The summed E-state index contributed by atoms with van der Waals surface area (Å²) in [5, 5.41) is 20.4. The van der Waals surface area contributed by atoms with E-state index in [1.165, 1.54) is 10.9 Å². The largest absolute Gasteiger partial charge is 0.207 e. The quantitative estimate of drug-likeness (QED) is 0.773. The number of nitrogens with zero attached hydrogens (tertiary/aromatic N) is 5. The topological polar surface area (TPSA) is 67.4 Å². The number of hydrogen-bond donors (Lipinski definition) is 0. The molecule has 18 heavy (non-hydrogen) atoms. The molecule has 0 bridgehead atoms. The first-order valence-electron chi connectivity index (χ1n) is 5.62. The van der Waals surface area contributed by atoms with Gasteiger partial charge in [-0.25, -0.2) is 4.39 Å². The van der Waals surface area contributed by atoms with Crippen molar-refractivity contribution in [1.82, 2.24) is 20.2 Å². The second-order valence-electron chi connectivity index (χ2n) is 3.93. The lowest BCUT2D eigenvalue weighted by Crippen LogP contribution is -2.02. The first kappa shape index (κ1) is 12.2. The van der Waals surface area contributed by atoms with Gasteiger partial charge in [0.05, 0.1) is 12.6 Å². The smallest absolute Gasteiger partial charge is 0.204 e. The highest BCUT2D eigenvalue weighted by Crippen LogP contribution is 2.17. The lowest BCUT2D eigenvalue weighted by Gasteiger charge is -1.98. The molecule has 0 amide bonds. The van der Waals surface area contributed by atoms with E-state index in [1.54, 1.807) is 19.1 Å². The van der Waals surface area contributed by atoms with E-state index in [4.69, 9.17) is 5.26 Å². The summed E-state index contributed by atoms with van der Waals surface area (Å²) in [6, 6.07) is 6.76. The summed E-state index contributed by atoms with van der Waals surface area (Å²) in [5.74, 6) is 0.218. The summed E-state index contributed by atoms with van der Waals surface area (Å²) in [5.41, 5.74) is 1.29. The van der Waals surface area contributed by atoms with Crippen molar-refractivity contribution >= 4 is 0 Å². The first-order chi connectivity index (χ1) is 8.70. The Morgan fingerprint density at radius 1 is 1.44 bits per heavy atom. The molecule has 1 aromatic heterocycles. The number of rotatable bonds is 4. The van der Waals surface area contributed by atoms with Gasteiger partial charge in [-0.05, 0) is 42.3 Å². The van der Waals surface area contributed by atoms with E-state index in [9.17, 15) is 4.39 Å². The molecule has 0 spiro atoms. The van der Waals surface area contributed by atoms with Crippen LogP contribution in [0.2, 0.25) is 0 Å². The highest BCUT2D eigenvalue weighted by Gasteiger charge is 2.07. The standard InChI is InChI=1S/C12H12FN5/c1-9-8-10(4-5-11(9)13)12-15-17-18(16-12)7-3-2-6-14/h4-5,8H,2-3,7H2,1H3. The van der Waals surface area contributed by atoms with Crippen molar-refractivity contribution in [3.8, 4) is 17.5 Å². The molecule has 0 fully saturated rings. The maximum absolute atomic E-state index is 13.1. The monoisotopic (exact) mass is 245 g/mol. The molecule has 0 aliphatic carbocycles. The zero-order chi connectivity index (χ0) is 13.0. The number of aromatic nitrogens is 4. The fourth-order valence-electron chi connectivity index (χ4n) is 1.54. The maximum atomic E-state index is 13.1. The second kappa shape index (κ2) is 5.36. The molecular formula is C12H12FN5. The Hall–Kier alpha value is -2.29. The fraction of sp³-hybridized carbons (Fsp3) is 0.333. The molecule has 0 atom stereocenters.